The van der Waals surface area contributed by atoms with Crippen molar-refractivity contribution in [3.8, 4) is 17.1 Å². The van der Waals surface area contributed by atoms with E-state index in [0.717, 1.165) is 16.9 Å². The summed E-state index contributed by atoms with van der Waals surface area (Å²) in [5, 5.41) is 3.94. The van der Waals surface area contributed by atoms with Crippen LogP contribution in [0.4, 0.5) is 0 Å². The summed E-state index contributed by atoms with van der Waals surface area (Å²) in [7, 11) is 0. The maximum absolute atomic E-state index is 12.1. The predicted molar refractivity (Wildman–Crippen MR) is 117 cm³/mol. The van der Waals surface area contributed by atoms with Gasteiger partial charge in [-0.1, -0.05) is 24.3 Å². The molecule has 0 aliphatic carbocycles. The van der Waals surface area contributed by atoms with Crippen LogP contribution < -0.4 is 10.2 Å². The van der Waals surface area contributed by atoms with E-state index in [1.165, 1.54) is 6.21 Å². The second kappa shape index (κ2) is 10.8. The van der Waals surface area contributed by atoms with E-state index in [0.29, 0.717) is 30.3 Å². The highest BCUT2D eigenvalue weighted by molar-refractivity contribution is 5.91. The first-order chi connectivity index (χ1) is 15.1. The minimum atomic E-state index is -0.382. The molecule has 2 aromatic carbocycles. The van der Waals surface area contributed by atoms with Crippen molar-refractivity contribution < 1.29 is 23.5 Å². The molecule has 7 nitrogen and oxygen atoms in total. The number of hydrazone groups is 1. The molecule has 1 aromatic heterocycles. The fourth-order valence-corrected chi connectivity index (χ4v) is 2.85. The Morgan fingerprint density at radius 3 is 2.58 bits per heavy atom. The largest absolute Gasteiger partial charge is 0.494 e. The third-order valence-electron chi connectivity index (χ3n) is 4.27. The Kier molecular flexibility index (Phi) is 7.59. The Balaban J connectivity index is 1.56. The molecule has 1 heterocycles. The number of rotatable bonds is 9. The lowest BCUT2D eigenvalue weighted by atomic mass is 10.1. The Labute approximate surface area is 180 Å². The molecular weight excluding hydrogens is 396 g/mol. The molecule has 1 amide bonds. The normalized spacial score (nSPS) is 10.8. The molecule has 0 spiro atoms. The van der Waals surface area contributed by atoms with Gasteiger partial charge in [0.1, 0.15) is 17.3 Å². The monoisotopic (exact) mass is 420 g/mol. The van der Waals surface area contributed by atoms with Crippen molar-refractivity contribution in [1.82, 2.24) is 5.43 Å². The SMILES string of the molecule is CCOC(=O)c1cccc(-c2ccc(/C=N\NC(=O)Cc3ccc(OCC)cc3)o2)c1. The third-order valence-corrected chi connectivity index (χ3v) is 4.27. The first-order valence-electron chi connectivity index (χ1n) is 10.00. The van der Waals surface area contributed by atoms with Crippen molar-refractivity contribution in [1.29, 1.82) is 0 Å². The fourth-order valence-electron chi connectivity index (χ4n) is 2.85. The van der Waals surface area contributed by atoms with Gasteiger partial charge in [-0.05, 0) is 55.8 Å². The number of ether oxygens (including phenoxy) is 2. The number of hydrogen-bond donors (Lipinski definition) is 1. The molecule has 0 atom stereocenters. The number of carbonyl (C=O) groups excluding carboxylic acids is 2. The highest BCUT2D eigenvalue weighted by atomic mass is 16.5. The molecule has 3 aromatic rings. The summed E-state index contributed by atoms with van der Waals surface area (Å²) in [5.74, 6) is 1.19. The van der Waals surface area contributed by atoms with Gasteiger partial charge in [0.15, 0.2) is 0 Å². The van der Waals surface area contributed by atoms with Crippen molar-refractivity contribution in [3.63, 3.8) is 0 Å². The summed E-state index contributed by atoms with van der Waals surface area (Å²) < 4.78 is 16.1. The molecule has 0 saturated heterocycles. The second-order valence-corrected chi connectivity index (χ2v) is 6.55. The van der Waals surface area contributed by atoms with Gasteiger partial charge in [-0.3, -0.25) is 4.79 Å². The van der Waals surface area contributed by atoms with Gasteiger partial charge in [-0.15, -0.1) is 0 Å². The molecule has 3 rings (SSSR count). The van der Waals surface area contributed by atoms with Gasteiger partial charge in [0.05, 0.1) is 31.4 Å². The number of esters is 1. The Morgan fingerprint density at radius 2 is 1.84 bits per heavy atom. The second-order valence-electron chi connectivity index (χ2n) is 6.55. The molecule has 1 N–H and O–H groups in total. The van der Waals surface area contributed by atoms with E-state index >= 15 is 0 Å². The summed E-state index contributed by atoms with van der Waals surface area (Å²) in [4.78, 5) is 24.0. The van der Waals surface area contributed by atoms with Crippen LogP contribution in [0.15, 0.2) is 70.2 Å². The molecule has 0 aliphatic heterocycles. The van der Waals surface area contributed by atoms with E-state index in [-0.39, 0.29) is 18.3 Å². The van der Waals surface area contributed by atoms with Crippen LogP contribution in [0.3, 0.4) is 0 Å². The summed E-state index contributed by atoms with van der Waals surface area (Å²) in [6.07, 6.45) is 1.63. The van der Waals surface area contributed by atoms with E-state index in [1.54, 1.807) is 37.3 Å². The molecule has 31 heavy (non-hydrogen) atoms. The first-order valence-corrected chi connectivity index (χ1v) is 10.00. The van der Waals surface area contributed by atoms with Crippen LogP contribution >= 0.6 is 0 Å². The van der Waals surface area contributed by atoms with Crippen molar-refractivity contribution >= 4 is 18.1 Å². The van der Waals surface area contributed by atoms with Crippen molar-refractivity contribution in [2.45, 2.75) is 20.3 Å². The lowest BCUT2D eigenvalue weighted by Crippen LogP contribution is -2.19. The van der Waals surface area contributed by atoms with Gasteiger partial charge < -0.3 is 13.9 Å². The zero-order chi connectivity index (χ0) is 22.1. The Hall–Kier alpha value is -3.87. The van der Waals surface area contributed by atoms with Gasteiger partial charge in [-0.25, -0.2) is 10.2 Å². The standard InChI is InChI=1S/C24H24N2O5/c1-3-29-20-10-8-17(9-11-20)14-23(27)26-25-16-21-12-13-22(31-21)18-6-5-7-19(15-18)24(28)30-4-2/h5-13,15-16H,3-4,14H2,1-2H3,(H,26,27)/b25-16-. The number of carbonyl (C=O) groups is 2. The van der Waals surface area contributed by atoms with Crippen molar-refractivity contribution in [3.05, 3.63) is 77.6 Å². The van der Waals surface area contributed by atoms with E-state index < -0.39 is 0 Å². The lowest BCUT2D eigenvalue weighted by Gasteiger charge is -2.04. The Bertz CT molecular complexity index is 1050. The van der Waals surface area contributed by atoms with Gasteiger partial charge in [-0.2, -0.15) is 5.10 Å². The molecule has 7 heteroatoms. The van der Waals surface area contributed by atoms with Crippen LogP contribution in [0.2, 0.25) is 0 Å². The van der Waals surface area contributed by atoms with Crippen LogP contribution in [0, 0.1) is 0 Å². The maximum Gasteiger partial charge on any atom is 0.338 e. The summed E-state index contributed by atoms with van der Waals surface area (Å²) in [6.45, 7) is 4.59. The van der Waals surface area contributed by atoms with Crippen LogP contribution in [0.1, 0.15) is 35.5 Å². The Morgan fingerprint density at radius 1 is 1.03 bits per heavy atom. The molecule has 160 valence electrons. The smallest absolute Gasteiger partial charge is 0.338 e. The number of amides is 1. The van der Waals surface area contributed by atoms with Crippen LogP contribution in [-0.2, 0) is 16.0 Å². The number of furan rings is 1. The highest BCUT2D eigenvalue weighted by Crippen LogP contribution is 2.23. The number of benzene rings is 2. The van der Waals surface area contributed by atoms with Gasteiger partial charge >= 0.3 is 5.97 Å². The number of nitrogens with one attached hydrogen (secondary N) is 1. The van der Waals surface area contributed by atoms with Gasteiger partial charge in [0, 0.05) is 5.56 Å². The molecule has 0 unspecified atom stereocenters. The first kappa shape index (κ1) is 21.8. The highest BCUT2D eigenvalue weighted by Gasteiger charge is 2.10. The molecule has 0 radical (unpaired) electrons. The number of hydrogen-bond acceptors (Lipinski definition) is 6. The van der Waals surface area contributed by atoms with Crippen molar-refractivity contribution in [2.24, 2.45) is 5.10 Å². The lowest BCUT2D eigenvalue weighted by molar-refractivity contribution is -0.120. The predicted octanol–water partition coefficient (Wildman–Crippen LogP) is 4.21. The average molecular weight is 420 g/mol. The zero-order valence-electron chi connectivity index (χ0n) is 17.5. The van der Waals surface area contributed by atoms with Crippen LogP contribution in [0.5, 0.6) is 5.75 Å². The van der Waals surface area contributed by atoms with E-state index in [9.17, 15) is 9.59 Å². The summed E-state index contributed by atoms with van der Waals surface area (Å²) in [6, 6.07) is 17.8. The fraction of sp³-hybridized carbons (Fsp3) is 0.208. The topological polar surface area (TPSA) is 90.1 Å². The molecule has 0 fully saturated rings. The van der Waals surface area contributed by atoms with E-state index in [2.05, 4.69) is 10.5 Å². The third kappa shape index (κ3) is 6.30. The van der Waals surface area contributed by atoms with Crippen molar-refractivity contribution in [2.75, 3.05) is 13.2 Å². The maximum atomic E-state index is 12.1. The summed E-state index contributed by atoms with van der Waals surface area (Å²) in [5.41, 5.74) is 4.54. The zero-order valence-corrected chi connectivity index (χ0v) is 17.5. The quantitative estimate of drug-likeness (QED) is 0.318. The molecule has 0 aliphatic rings. The average Bonchev–Trinajstić information content (AvgIpc) is 3.25. The molecule has 0 bridgehead atoms. The number of nitrogens with zero attached hydrogens (tertiary/aromatic N) is 1. The minimum absolute atomic E-state index is 0.202. The minimum Gasteiger partial charge on any atom is -0.494 e. The van der Waals surface area contributed by atoms with E-state index in [4.69, 9.17) is 13.9 Å². The van der Waals surface area contributed by atoms with E-state index in [1.807, 2.05) is 37.3 Å². The van der Waals surface area contributed by atoms with Gasteiger partial charge in [0.2, 0.25) is 5.91 Å². The van der Waals surface area contributed by atoms with Crippen LogP contribution in [0.25, 0.3) is 11.3 Å². The van der Waals surface area contributed by atoms with Gasteiger partial charge in [0.25, 0.3) is 0 Å². The van der Waals surface area contributed by atoms with Crippen LogP contribution in [-0.4, -0.2) is 31.3 Å². The summed E-state index contributed by atoms with van der Waals surface area (Å²) >= 11 is 0. The molecular formula is C24H24N2O5. The molecule has 0 saturated carbocycles.